The van der Waals surface area contributed by atoms with Crippen molar-refractivity contribution in [2.24, 2.45) is 0 Å². The van der Waals surface area contributed by atoms with Gasteiger partial charge in [-0.2, -0.15) is 0 Å². The number of alkyl carbamates (subject to hydrolysis) is 1. The van der Waals surface area contributed by atoms with E-state index in [1.807, 2.05) is 32.9 Å². The molecular weight excluding hydrogens is 425 g/mol. The molecule has 1 amide bonds. The van der Waals surface area contributed by atoms with Gasteiger partial charge in [0.1, 0.15) is 17.1 Å². The molecule has 0 saturated heterocycles. The van der Waals surface area contributed by atoms with Gasteiger partial charge in [0.05, 0.1) is 30.4 Å². The molecule has 1 unspecified atom stereocenters. The largest absolute Gasteiger partial charge is 0.496 e. The molecule has 1 aromatic rings. The maximum atomic E-state index is 12.0. The van der Waals surface area contributed by atoms with E-state index in [4.69, 9.17) is 18.9 Å². The van der Waals surface area contributed by atoms with Crippen molar-refractivity contribution in [3.63, 3.8) is 0 Å². The van der Waals surface area contributed by atoms with Gasteiger partial charge in [-0.1, -0.05) is 0 Å². The minimum Gasteiger partial charge on any atom is -0.496 e. The number of nitrogens with one attached hydrogen (secondary N) is 1. The van der Waals surface area contributed by atoms with E-state index in [1.54, 1.807) is 21.3 Å². The fourth-order valence-electron chi connectivity index (χ4n) is 2.18. The van der Waals surface area contributed by atoms with Gasteiger partial charge >= 0.3 is 6.09 Å². The minimum absolute atomic E-state index is 0.247. The molecule has 0 fully saturated rings. The van der Waals surface area contributed by atoms with Crippen molar-refractivity contribution in [3.05, 3.63) is 21.3 Å². The fraction of sp³-hybridized carbons (Fsp3) is 0.588. The number of hydrogen-bond acceptors (Lipinski definition) is 5. The van der Waals surface area contributed by atoms with Gasteiger partial charge in [0, 0.05) is 7.11 Å². The van der Waals surface area contributed by atoms with Crippen molar-refractivity contribution >= 4 is 28.7 Å². The predicted molar refractivity (Wildman–Crippen MR) is 101 cm³/mol. The minimum atomic E-state index is -0.550. The molecular formula is C17H26INO5. The molecule has 1 atom stereocenters. The van der Waals surface area contributed by atoms with E-state index in [9.17, 15) is 4.79 Å². The first-order valence-corrected chi connectivity index (χ1v) is 8.67. The smallest absolute Gasteiger partial charge is 0.407 e. The standard InChI is InChI=1S/C17H26INO5/c1-17(2,3)24-16(20)19-12(10-21-4)7-11-8-15(23-6)13(18)9-14(11)22-5/h8-9,12H,7,10H2,1-6H3,(H,19,20). The maximum Gasteiger partial charge on any atom is 0.407 e. The Morgan fingerprint density at radius 3 is 2.29 bits per heavy atom. The van der Waals surface area contributed by atoms with Gasteiger partial charge in [-0.3, -0.25) is 0 Å². The zero-order valence-electron chi connectivity index (χ0n) is 15.1. The van der Waals surface area contributed by atoms with E-state index in [0.717, 1.165) is 20.6 Å². The van der Waals surface area contributed by atoms with E-state index in [2.05, 4.69) is 27.9 Å². The van der Waals surface area contributed by atoms with Crippen molar-refractivity contribution < 1.29 is 23.7 Å². The molecule has 0 saturated carbocycles. The number of methoxy groups -OCH3 is 3. The highest BCUT2D eigenvalue weighted by molar-refractivity contribution is 14.1. The lowest BCUT2D eigenvalue weighted by atomic mass is 10.0. The lowest BCUT2D eigenvalue weighted by molar-refractivity contribution is 0.0469. The van der Waals surface area contributed by atoms with Crippen molar-refractivity contribution in [1.29, 1.82) is 0 Å². The van der Waals surface area contributed by atoms with Crippen LogP contribution in [0.15, 0.2) is 12.1 Å². The van der Waals surface area contributed by atoms with Crippen molar-refractivity contribution in [1.82, 2.24) is 5.32 Å². The monoisotopic (exact) mass is 451 g/mol. The fourth-order valence-corrected chi connectivity index (χ4v) is 2.83. The van der Waals surface area contributed by atoms with Gasteiger partial charge in [-0.05, 0) is 67.5 Å². The molecule has 0 aliphatic heterocycles. The predicted octanol–water partition coefficient (Wildman–Crippen LogP) is 3.39. The molecule has 6 nitrogen and oxygen atoms in total. The molecule has 0 spiro atoms. The Morgan fingerprint density at radius 1 is 1.17 bits per heavy atom. The summed E-state index contributed by atoms with van der Waals surface area (Å²) < 4.78 is 22.3. The number of ether oxygens (including phenoxy) is 4. The number of amides is 1. The van der Waals surface area contributed by atoms with Crippen LogP contribution < -0.4 is 14.8 Å². The second-order valence-electron chi connectivity index (χ2n) is 6.30. The van der Waals surface area contributed by atoms with Crippen LogP contribution in [-0.4, -0.2) is 45.7 Å². The number of carbonyl (C=O) groups is 1. The summed E-state index contributed by atoms with van der Waals surface area (Å²) in [6, 6.07) is 3.58. The first kappa shape index (κ1) is 20.8. The number of carbonyl (C=O) groups excluding carboxylic acids is 1. The second kappa shape index (κ2) is 9.31. The van der Waals surface area contributed by atoms with Crippen LogP contribution in [0.3, 0.4) is 0 Å². The van der Waals surface area contributed by atoms with Gasteiger partial charge < -0.3 is 24.3 Å². The highest BCUT2D eigenvalue weighted by atomic mass is 127. The number of hydrogen-bond donors (Lipinski definition) is 1. The van der Waals surface area contributed by atoms with Gasteiger partial charge in [-0.25, -0.2) is 4.79 Å². The van der Waals surface area contributed by atoms with Crippen LogP contribution in [0.25, 0.3) is 0 Å². The number of halogens is 1. The summed E-state index contributed by atoms with van der Waals surface area (Å²) in [6.45, 7) is 5.83. The Balaban J connectivity index is 2.93. The maximum absolute atomic E-state index is 12.0. The lowest BCUT2D eigenvalue weighted by Gasteiger charge is -2.24. The van der Waals surface area contributed by atoms with E-state index < -0.39 is 11.7 Å². The molecule has 0 radical (unpaired) electrons. The Bertz CT molecular complexity index is 557. The topological polar surface area (TPSA) is 66.0 Å². The van der Waals surface area contributed by atoms with Crippen LogP contribution >= 0.6 is 22.6 Å². The molecule has 1 aromatic carbocycles. The molecule has 0 aliphatic carbocycles. The zero-order chi connectivity index (χ0) is 18.3. The Morgan fingerprint density at radius 2 is 1.79 bits per heavy atom. The molecule has 1 rings (SSSR count). The summed E-state index contributed by atoms with van der Waals surface area (Å²) >= 11 is 2.19. The molecule has 7 heteroatoms. The summed E-state index contributed by atoms with van der Waals surface area (Å²) in [4.78, 5) is 12.0. The number of rotatable bonds is 7. The summed E-state index contributed by atoms with van der Waals surface area (Å²) in [6.07, 6.45) is 0.0600. The van der Waals surface area contributed by atoms with Crippen LogP contribution in [-0.2, 0) is 15.9 Å². The third-order valence-corrected chi connectivity index (χ3v) is 3.95. The van der Waals surface area contributed by atoms with Gasteiger partial charge in [0.15, 0.2) is 0 Å². The Hall–Kier alpha value is -1.22. The van der Waals surface area contributed by atoms with Gasteiger partial charge in [0.2, 0.25) is 0 Å². The molecule has 1 N–H and O–H groups in total. The van der Waals surface area contributed by atoms with Crippen LogP contribution in [0, 0.1) is 3.57 Å². The molecule has 0 aliphatic rings. The summed E-state index contributed by atoms with van der Waals surface area (Å²) in [5, 5.41) is 2.84. The van der Waals surface area contributed by atoms with Gasteiger partial charge in [-0.15, -0.1) is 0 Å². The van der Waals surface area contributed by atoms with E-state index >= 15 is 0 Å². The highest BCUT2D eigenvalue weighted by Gasteiger charge is 2.21. The summed E-state index contributed by atoms with van der Waals surface area (Å²) in [7, 11) is 4.84. The third kappa shape index (κ3) is 6.72. The molecule has 0 aromatic heterocycles. The Kier molecular flexibility index (Phi) is 8.08. The first-order valence-electron chi connectivity index (χ1n) is 7.59. The SMILES string of the molecule is COCC(Cc1cc(OC)c(I)cc1OC)NC(=O)OC(C)(C)C. The first-order chi connectivity index (χ1) is 11.2. The van der Waals surface area contributed by atoms with Crippen molar-refractivity contribution in [2.75, 3.05) is 27.9 Å². The second-order valence-corrected chi connectivity index (χ2v) is 7.46. The van der Waals surface area contributed by atoms with Crippen LogP contribution in [0.1, 0.15) is 26.3 Å². The third-order valence-electron chi connectivity index (χ3n) is 3.11. The van der Waals surface area contributed by atoms with E-state index in [-0.39, 0.29) is 6.04 Å². The molecule has 0 bridgehead atoms. The molecule has 24 heavy (non-hydrogen) atoms. The van der Waals surface area contributed by atoms with Crippen LogP contribution in [0.4, 0.5) is 4.79 Å². The normalized spacial score (nSPS) is 12.5. The number of benzene rings is 1. The quantitative estimate of drug-likeness (QED) is 0.644. The summed E-state index contributed by atoms with van der Waals surface area (Å²) in [5.41, 5.74) is 0.374. The highest BCUT2D eigenvalue weighted by Crippen LogP contribution is 2.30. The zero-order valence-corrected chi connectivity index (χ0v) is 17.2. The average molecular weight is 451 g/mol. The van der Waals surface area contributed by atoms with Crippen molar-refractivity contribution in [3.8, 4) is 11.5 Å². The van der Waals surface area contributed by atoms with Gasteiger partial charge in [0.25, 0.3) is 0 Å². The lowest BCUT2D eigenvalue weighted by Crippen LogP contribution is -2.42. The average Bonchev–Trinajstić information content (AvgIpc) is 2.46. The molecule has 0 heterocycles. The van der Waals surface area contributed by atoms with E-state index in [0.29, 0.717) is 13.0 Å². The van der Waals surface area contributed by atoms with Crippen LogP contribution in [0.2, 0.25) is 0 Å². The Labute approximate surface area is 157 Å². The van der Waals surface area contributed by atoms with E-state index in [1.165, 1.54) is 0 Å². The van der Waals surface area contributed by atoms with Crippen molar-refractivity contribution in [2.45, 2.75) is 38.8 Å². The van der Waals surface area contributed by atoms with Crippen LogP contribution in [0.5, 0.6) is 11.5 Å². The molecule has 136 valence electrons. The summed E-state index contributed by atoms with van der Waals surface area (Å²) in [5.74, 6) is 1.51.